The zero-order valence-electron chi connectivity index (χ0n) is 11.6. The highest BCUT2D eigenvalue weighted by Gasteiger charge is 2.15. The van der Waals surface area contributed by atoms with Crippen molar-refractivity contribution in [2.75, 3.05) is 27.9 Å². The number of nitrogens with one attached hydrogen (secondary N) is 1. The van der Waals surface area contributed by atoms with Crippen molar-refractivity contribution in [3.05, 3.63) is 17.7 Å². The summed E-state index contributed by atoms with van der Waals surface area (Å²) in [5.41, 5.74) is 0.627. The average molecular weight is 283 g/mol. The first kappa shape index (κ1) is 15.6. The molecule has 0 aliphatic heterocycles. The van der Waals surface area contributed by atoms with Gasteiger partial charge in [-0.1, -0.05) is 0 Å². The Hall–Kier alpha value is -2.44. The van der Waals surface area contributed by atoms with Crippen molar-refractivity contribution in [3.63, 3.8) is 0 Å². The van der Waals surface area contributed by atoms with Crippen molar-refractivity contribution >= 4 is 11.9 Å². The van der Waals surface area contributed by atoms with Crippen molar-refractivity contribution in [2.45, 2.75) is 6.42 Å². The number of methoxy groups -OCH3 is 3. The quantitative estimate of drug-likeness (QED) is 0.755. The molecule has 20 heavy (non-hydrogen) atoms. The molecule has 7 nitrogen and oxygen atoms in total. The lowest BCUT2D eigenvalue weighted by atomic mass is 10.1. The van der Waals surface area contributed by atoms with E-state index in [0.717, 1.165) is 0 Å². The van der Waals surface area contributed by atoms with Gasteiger partial charge in [-0.05, 0) is 17.7 Å². The number of carboxylic acid groups (broad SMARTS) is 1. The van der Waals surface area contributed by atoms with Gasteiger partial charge in [0.25, 0.3) is 0 Å². The summed E-state index contributed by atoms with van der Waals surface area (Å²) in [7, 11) is 4.44. The van der Waals surface area contributed by atoms with E-state index in [4.69, 9.17) is 19.3 Å². The van der Waals surface area contributed by atoms with Gasteiger partial charge in [0.05, 0.1) is 27.8 Å². The predicted octanol–water partition coefficient (Wildman–Crippen LogP) is 0.456. The Kier molecular flexibility index (Phi) is 5.64. The summed E-state index contributed by atoms with van der Waals surface area (Å²) in [6.07, 6.45) is 0.0179. The second-order valence-electron chi connectivity index (χ2n) is 3.88. The first-order valence-corrected chi connectivity index (χ1v) is 5.79. The second kappa shape index (κ2) is 7.22. The van der Waals surface area contributed by atoms with Crippen LogP contribution in [-0.2, 0) is 16.0 Å². The van der Waals surface area contributed by atoms with Gasteiger partial charge in [0.15, 0.2) is 11.5 Å². The maximum absolute atomic E-state index is 11.6. The molecule has 0 saturated heterocycles. The minimum absolute atomic E-state index is 0.0179. The van der Waals surface area contributed by atoms with Gasteiger partial charge in [-0.2, -0.15) is 0 Å². The van der Waals surface area contributed by atoms with Crippen LogP contribution >= 0.6 is 0 Å². The van der Waals surface area contributed by atoms with E-state index in [1.165, 1.54) is 21.3 Å². The van der Waals surface area contributed by atoms with E-state index in [1.54, 1.807) is 12.1 Å². The normalized spacial score (nSPS) is 9.75. The van der Waals surface area contributed by atoms with Gasteiger partial charge >= 0.3 is 5.97 Å². The topological polar surface area (TPSA) is 94.1 Å². The number of rotatable bonds is 7. The van der Waals surface area contributed by atoms with Gasteiger partial charge in [0.1, 0.15) is 6.54 Å². The highest BCUT2D eigenvalue weighted by molar-refractivity contribution is 5.83. The van der Waals surface area contributed by atoms with Crippen LogP contribution in [0.4, 0.5) is 0 Å². The number of amides is 1. The number of aliphatic carboxylic acids is 1. The van der Waals surface area contributed by atoms with Gasteiger partial charge < -0.3 is 24.6 Å². The molecule has 0 fully saturated rings. The molecule has 0 radical (unpaired) electrons. The van der Waals surface area contributed by atoms with Crippen molar-refractivity contribution in [1.82, 2.24) is 5.32 Å². The van der Waals surface area contributed by atoms with E-state index >= 15 is 0 Å². The fraction of sp³-hybridized carbons (Fsp3) is 0.385. The van der Waals surface area contributed by atoms with Crippen molar-refractivity contribution in [1.29, 1.82) is 0 Å². The molecule has 0 spiro atoms. The van der Waals surface area contributed by atoms with E-state index in [0.29, 0.717) is 22.8 Å². The van der Waals surface area contributed by atoms with Gasteiger partial charge in [-0.25, -0.2) is 0 Å². The molecule has 0 atom stereocenters. The van der Waals surface area contributed by atoms with Crippen LogP contribution in [-0.4, -0.2) is 44.9 Å². The molecule has 110 valence electrons. The molecule has 1 aromatic rings. The fourth-order valence-corrected chi connectivity index (χ4v) is 1.66. The number of benzene rings is 1. The standard InChI is InChI=1S/C13H17NO6/c1-18-9-4-8(5-10(19-2)13(9)20-3)6-11(15)14-7-12(16)17/h4-5H,6-7H2,1-3H3,(H,14,15)(H,16,17). The van der Waals surface area contributed by atoms with Crippen LogP contribution in [0.15, 0.2) is 12.1 Å². The number of ether oxygens (including phenoxy) is 3. The molecule has 0 heterocycles. The zero-order valence-corrected chi connectivity index (χ0v) is 11.6. The number of carbonyl (C=O) groups is 2. The van der Waals surface area contributed by atoms with E-state index in [1.807, 2.05) is 0 Å². The minimum Gasteiger partial charge on any atom is -0.493 e. The fourth-order valence-electron chi connectivity index (χ4n) is 1.66. The molecular weight excluding hydrogens is 266 g/mol. The van der Waals surface area contributed by atoms with Crippen LogP contribution in [0.3, 0.4) is 0 Å². The van der Waals surface area contributed by atoms with Gasteiger partial charge in [-0.3, -0.25) is 9.59 Å². The Morgan fingerprint density at radius 1 is 1.10 bits per heavy atom. The van der Waals surface area contributed by atoms with Crippen LogP contribution in [0.1, 0.15) is 5.56 Å². The monoisotopic (exact) mass is 283 g/mol. The third-order valence-corrected chi connectivity index (χ3v) is 2.53. The third kappa shape index (κ3) is 4.04. The average Bonchev–Trinajstić information content (AvgIpc) is 2.43. The summed E-state index contributed by atoms with van der Waals surface area (Å²) < 4.78 is 15.5. The molecule has 0 bridgehead atoms. The Balaban J connectivity index is 2.90. The Labute approximate surface area is 116 Å². The SMILES string of the molecule is COc1cc(CC(=O)NCC(=O)O)cc(OC)c1OC. The van der Waals surface area contributed by atoms with Gasteiger partial charge in [-0.15, -0.1) is 0 Å². The lowest BCUT2D eigenvalue weighted by Gasteiger charge is -2.14. The van der Waals surface area contributed by atoms with Gasteiger partial charge in [0, 0.05) is 0 Å². The van der Waals surface area contributed by atoms with Gasteiger partial charge in [0.2, 0.25) is 11.7 Å². The second-order valence-corrected chi connectivity index (χ2v) is 3.88. The van der Waals surface area contributed by atoms with E-state index in [-0.39, 0.29) is 6.42 Å². The van der Waals surface area contributed by atoms with E-state index in [9.17, 15) is 9.59 Å². The summed E-state index contributed by atoms with van der Waals surface area (Å²) in [4.78, 5) is 22.0. The molecule has 0 aromatic heterocycles. The molecule has 2 N–H and O–H groups in total. The lowest BCUT2D eigenvalue weighted by molar-refractivity contribution is -0.137. The molecule has 1 aromatic carbocycles. The predicted molar refractivity (Wildman–Crippen MR) is 70.4 cm³/mol. The van der Waals surface area contributed by atoms with Crippen LogP contribution in [0.5, 0.6) is 17.2 Å². The highest BCUT2D eigenvalue weighted by Crippen LogP contribution is 2.38. The van der Waals surface area contributed by atoms with E-state index < -0.39 is 18.4 Å². The summed E-state index contributed by atoms with van der Waals surface area (Å²) in [5.74, 6) is -0.185. The van der Waals surface area contributed by atoms with Crippen LogP contribution in [0.25, 0.3) is 0 Å². The molecule has 0 unspecified atom stereocenters. The molecular formula is C13H17NO6. The third-order valence-electron chi connectivity index (χ3n) is 2.53. The highest BCUT2D eigenvalue weighted by atomic mass is 16.5. The number of carboxylic acids is 1. The maximum atomic E-state index is 11.6. The van der Waals surface area contributed by atoms with E-state index in [2.05, 4.69) is 5.32 Å². The number of carbonyl (C=O) groups excluding carboxylic acids is 1. The van der Waals surface area contributed by atoms with Crippen LogP contribution in [0.2, 0.25) is 0 Å². The first-order valence-electron chi connectivity index (χ1n) is 5.79. The molecule has 0 aliphatic rings. The number of hydrogen-bond acceptors (Lipinski definition) is 5. The first-order chi connectivity index (χ1) is 9.51. The van der Waals surface area contributed by atoms with Crippen molar-refractivity contribution in [2.24, 2.45) is 0 Å². The summed E-state index contributed by atoms with van der Waals surface area (Å²) in [5, 5.41) is 10.8. The molecule has 7 heteroatoms. The molecule has 1 amide bonds. The Morgan fingerprint density at radius 2 is 1.65 bits per heavy atom. The zero-order chi connectivity index (χ0) is 15.1. The smallest absolute Gasteiger partial charge is 0.322 e. The van der Waals surface area contributed by atoms with Crippen LogP contribution < -0.4 is 19.5 Å². The summed E-state index contributed by atoms with van der Waals surface area (Å²) in [6, 6.07) is 3.28. The summed E-state index contributed by atoms with van der Waals surface area (Å²) in [6.45, 7) is -0.413. The van der Waals surface area contributed by atoms with Crippen molar-refractivity contribution in [3.8, 4) is 17.2 Å². The molecule has 1 rings (SSSR count). The molecule has 0 saturated carbocycles. The minimum atomic E-state index is -1.09. The Bertz CT molecular complexity index is 475. The lowest BCUT2D eigenvalue weighted by Crippen LogP contribution is -2.30. The number of hydrogen-bond donors (Lipinski definition) is 2. The van der Waals surface area contributed by atoms with Crippen LogP contribution in [0, 0.1) is 0 Å². The summed E-state index contributed by atoms with van der Waals surface area (Å²) >= 11 is 0. The largest absolute Gasteiger partial charge is 0.493 e. The molecule has 0 aliphatic carbocycles. The Morgan fingerprint density at radius 3 is 2.05 bits per heavy atom. The maximum Gasteiger partial charge on any atom is 0.322 e. The van der Waals surface area contributed by atoms with Crippen molar-refractivity contribution < 1.29 is 28.9 Å².